The van der Waals surface area contributed by atoms with Gasteiger partial charge in [-0.2, -0.15) is 0 Å². The lowest BCUT2D eigenvalue weighted by atomic mass is 9.95. The van der Waals surface area contributed by atoms with Gasteiger partial charge in [-0.3, -0.25) is 4.79 Å². The van der Waals surface area contributed by atoms with Gasteiger partial charge in [-0.15, -0.1) is 0 Å². The Morgan fingerprint density at radius 3 is 2.92 bits per heavy atom. The van der Waals surface area contributed by atoms with E-state index in [1.807, 2.05) is 16.8 Å². The first-order valence-corrected chi connectivity index (χ1v) is 8.83. The molecular formula is C18H22N4O4. The van der Waals surface area contributed by atoms with Crippen molar-refractivity contribution in [2.45, 2.75) is 31.4 Å². The first-order chi connectivity index (χ1) is 12.5. The van der Waals surface area contributed by atoms with E-state index in [0.29, 0.717) is 44.1 Å². The van der Waals surface area contributed by atoms with Crippen molar-refractivity contribution in [2.24, 2.45) is 0 Å². The third-order valence-corrected chi connectivity index (χ3v) is 5.10. The molecule has 0 N–H and O–H groups in total. The molecule has 2 amide bonds. The van der Waals surface area contributed by atoms with Crippen molar-refractivity contribution in [1.82, 2.24) is 19.4 Å². The van der Waals surface area contributed by atoms with Crippen LogP contribution >= 0.6 is 0 Å². The number of likely N-dealkylation sites (tertiary alicyclic amines) is 1. The molecule has 1 spiro atoms. The number of likely N-dealkylation sites (N-methyl/N-ethyl adjacent to an activating group) is 1. The summed E-state index contributed by atoms with van der Waals surface area (Å²) in [5, 5.41) is 0. The van der Waals surface area contributed by atoms with Crippen LogP contribution in [-0.4, -0.2) is 63.6 Å². The minimum atomic E-state index is -0.462. The zero-order valence-electron chi connectivity index (χ0n) is 14.8. The predicted octanol–water partition coefficient (Wildman–Crippen LogP) is 1.97. The Balaban J connectivity index is 1.41. The van der Waals surface area contributed by atoms with Crippen LogP contribution in [0.1, 0.15) is 35.6 Å². The third kappa shape index (κ3) is 3.18. The molecule has 0 saturated carbocycles. The number of carbonyl (C=O) groups excluding carboxylic acids is 2. The van der Waals surface area contributed by atoms with Crippen LogP contribution in [0.3, 0.4) is 0 Å². The van der Waals surface area contributed by atoms with Crippen molar-refractivity contribution in [3.05, 3.63) is 42.4 Å². The Bertz CT molecular complexity index is 800. The van der Waals surface area contributed by atoms with E-state index in [4.69, 9.17) is 9.15 Å². The summed E-state index contributed by atoms with van der Waals surface area (Å²) in [4.78, 5) is 31.9. The zero-order chi connectivity index (χ0) is 18.1. The molecular weight excluding hydrogens is 336 g/mol. The molecule has 138 valence electrons. The van der Waals surface area contributed by atoms with Crippen LogP contribution in [0.4, 0.5) is 4.79 Å². The molecule has 0 aromatic carbocycles. The molecule has 8 heteroatoms. The molecule has 4 rings (SSSR count). The Labute approximate surface area is 151 Å². The van der Waals surface area contributed by atoms with E-state index in [2.05, 4.69) is 4.98 Å². The Kier molecular flexibility index (Phi) is 4.18. The van der Waals surface area contributed by atoms with Crippen LogP contribution in [0.2, 0.25) is 0 Å². The summed E-state index contributed by atoms with van der Waals surface area (Å²) in [5.74, 6) is 0.942. The molecule has 0 unspecified atom stereocenters. The van der Waals surface area contributed by atoms with Crippen molar-refractivity contribution < 1.29 is 18.7 Å². The van der Waals surface area contributed by atoms with Gasteiger partial charge in [-0.1, -0.05) is 0 Å². The summed E-state index contributed by atoms with van der Waals surface area (Å²) >= 11 is 0. The smallest absolute Gasteiger partial charge is 0.410 e. The molecule has 2 saturated heterocycles. The van der Waals surface area contributed by atoms with Gasteiger partial charge in [0.05, 0.1) is 19.4 Å². The quantitative estimate of drug-likeness (QED) is 0.838. The van der Waals surface area contributed by atoms with Gasteiger partial charge in [0, 0.05) is 39.0 Å². The highest BCUT2D eigenvalue weighted by atomic mass is 16.6. The molecule has 1 atom stereocenters. The fraction of sp³-hybridized carbons (Fsp3) is 0.500. The highest BCUT2D eigenvalue weighted by Gasteiger charge is 2.44. The second kappa shape index (κ2) is 6.51. The van der Waals surface area contributed by atoms with Gasteiger partial charge in [0.1, 0.15) is 11.4 Å². The van der Waals surface area contributed by atoms with E-state index >= 15 is 0 Å². The van der Waals surface area contributed by atoms with Crippen LogP contribution in [0, 0.1) is 0 Å². The summed E-state index contributed by atoms with van der Waals surface area (Å²) in [6.45, 7) is 2.32. The van der Waals surface area contributed by atoms with E-state index < -0.39 is 5.60 Å². The molecule has 2 aliphatic rings. The van der Waals surface area contributed by atoms with Gasteiger partial charge in [0.2, 0.25) is 0 Å². The normalized spacial score (nSPS) is 23.3. The number of furan rings is 1. The number of hydrogen-bond donors (Lipinski definition) is 0. The predicted molar refractivity (Wildman–Crippen MR) is 91.6 cm³/mol. The monoisotopic (exact) mass is 358 g/mol. The lowest BCUT2D eigenvalue weighted by Gasteiger charge is -2.25. The van der Waals surface area contributed by atoms with Crippen molar-refractivity contribution in [2.75, 3.05) is 26.7 Å². The van der Waals surface area contributed by atoms with Crippen molar-refractivity contribution >= 4 is 12.0 Å². The molecule has 8 nitrogen and oxygen atoms in total. The summed E-state index contributed by atoms with van der Waals surface area (Å²) in [7, 11) is 1.75. The van der Waals surface area contributed by atoms with E-state index in [1.54, 1.807) is 35.4 Å². The van der Waals surface area contributed by atoms with Gasteiger partial charge in [0.15, 0.2) is 5.76 Å². The number of aromatic nitrogens is 2. The molecule has 0 bridgehead atoms. The average molecular weight is 358 g/mol. The van der Waals surface area contributed by atoms with Crippen LogP contribution in [0.5, 0.6) is 0 Å². The zero-order valence-corrected chi connectivity index (χ0v) is 14.8. The van der Waals surface area contributed by atoms with Gasteiger partial charge in [0.25, 0.3) is 5.91 Å². The van der Waals surface area contributed by atoms with E-state index in [0.717, 1.165) is 12.8 Å². The van der Waals surface area contributed by atoms with Gasteiger partial charge in [-0.25, -0.2) is 9.78 Å². The molecule has 4 heterocycles. The number of hydrogen-bond acceptors (Lipinski definition) is 5. The number of amides is 2. The van der Waals surface area contributed by atoms with E-state index in [9.17, 15) is 9.59 Å². The standard InChI is InChI=1S/C18H22N4O4/c1-20-12-18(26-17(20)24)5-2-8-22(9-6-18)16(23)15-4-3-14(25-15)11-21-10-7-19-13-21/h3-4,7,10,13H,2,5-6,8-9,11-12H2,1H3/t18-/m0/s1. The lowest BCUT2D eigenvalue weighted by Crippen LogP contribution is -2.36. The van der Waals surface area contributed by atoms with Crippen molar-refractivity contribution in [3.63, 3.8) is 0 Å². The molecule has 0 aliphatic carbocycles. The first kappa shape index (κ1) is 16.7. The topological polar surface area (TPSA) is 80.8 Å². The highest BCUT2D eigenvalue weighted by Crippen LogP contribution is 2.33. The summed E-state index contributed by atoms with van der Waals surface area (Å²) in [6.07, 6.45) is 7.20. The second-order valence-corrected chi connectivity index (χ2v) is 7.05. The first-order valence-electron chi connectivity index (χ1n) is 8.83. The van der Waals surface area contributed by atoms with Crippen LogP contribution in [0.15, 0.2) is 35.3 Å². The number of imidazole rings is 1. The Hall–Kier alpha value is -2.77. The van der Waals surface area contributed by atoms with Crippen molar-refractivity contribution in [3.8, 4) is 0 Å². The maximum absolute atomic E-state index is 12.8. The number of rotatable bonds is 3. The molecule has 2 fully saturated rings. The Morgan fingerprint density at radius 1 is 1.31 bits per heavy atom. The molecule has 0 radical (unpaired) electrons. The highest BCUT2D eigenvalue weighted by molar-refractivity contribution is 5.91. The van der Waals surface area contributed by atoms with Crippen LogP contribution < -0.4 is 0 Å². The van der Waals surface area contributed by atoms with E-state index in [-0.39, 0.29) is 12.0 Å². The van der Waals surface area contributed by atoms with E-state index in [1.165, 1.54) is 0 Å². The second-order valence-electron chi connectivity index (χ2n) is 7.05. The largest absolute Gasteiger partial charge is 0.454 e. The van der Waals surface area contributed by atoms with Gasteiger partial charge < -0.3 is 23.5 Å². The Morgan fingerprint density at radius 2 is 2.19 bits per heavy atom. The average Bonchev–Trinajstić information content (AvgIpc) is 3.31. The fourth-order valence-corrected chi connectivity index (χ4v) is 3.72. The van der Waals surface area contributed by atoms with Crippen molar-refractivity contribution in [1.29, 1.82) is 0 Å². The number of carbonyl (C=O) groups is 2. The molecule has 2 aromatic rings. The maximum Gasteiger partial charge on any atom is 0.410 e. The maximum atomic E-state index is 12.8. The SMILES string of the molecule is CN1C[C@@]2(CCCN(C(=O)c3ccc(Cn4ccnc4)o3)CC2)OC1=O. The van der Waals surface area contributed by atoms with Crippen LogP contribution in [-0.2, 0) is 11.3 Å². The molecule has 2 aliphatic heterocycles. The molecule has 26 heavy (non-hydrogen) atoms. The summed E-state index contributed by atoms with van der Waals surface area (Å²) in [5.41, 5.74) is -0.462. The number of ether oxygens (including phenoxy) is 1. The number of nitrogens with zero attached hydrogens (tertiary/aromatic N) is 4. The van der Waals surface area contributed by atoms with Gasteiger partial charge in [-0.05, 0) is 25.0 Å². The van der Waals surface area contributed by atoms with Gasteiger partial charge >= 0.3 is 6.09 Å². The molecule has 2 aromatic heterocycles. The van der Waals surface area contributed by atoms with Crippen LogP contribution in [0.25, 0.3) is 0 Å². The lowest BCUT2D eigenvalue weighted by molar-refractivity contribution is 0.0435. The minimum Gasteiger partial charge on any atom is -0.454 e. The minimum absolute atomic E-state index is 0.114. The summed E-state index contributed by atoms with van der Waals surface area (Å²) in [6, 6.07) is 3.54. The fourth-order valence-electron chi connectivity index (χ4n) is 3.72. The third-order valence-electron chi connectivity index (χ3n) is 5.10. The summed E-state index contributed by atoms with van der Waals surface area (Å²) < 4.78 is 13.2.